The van der Waals surface area contributed by atoms with Crippen LogP contribution in [0.1, 0.15) is 57.6 Å². The van der Waals surface area contributed by atoms with Crippen LogP contribution in [0, 0.1) is 11.3 Å². The zero-order chi connectivity index (χ0) is 23.6. The van der Waals surface area contributed by atoms with E-state index in [9.17, 15) is 9.59 Å². The van der Waals surface area contributed by atoms with E-state index in [-0.39, 0.29) is 17.6 Å². The van der Waals surface area contributed by atoms with Crippen LogP contribution in [-0.2, 0) is 5.41 Å². The Labute approximate surface area is 193 Å². The normalized spacial score (nSPS) is 18.5. The highest BCUT2D eigenvalue weighted by Crippen LogP contribution is 2.30. The van der Waals surface area contributed by atoms with Gasteiger partial charge in [-0.05, 0) is 73.1 Å². The molecule has 0 aliphatic heterocycles. The lowest BCUT2D eigenvalue weighted by Gasteiger charge is -2.31. The highest BCUT2D eigenvalue weighted by molar-refractivity contribution is 5.79. The second-order valence-electron chi connectivity index (χ2n) is 9.74. The molecule has 0 amide bonds. The number of nitriles is 1. The molecule has 33 heavy (non-hydrogen) atoms. The number of nitrogens with one attached hydrogen (secondary N) is 2. The van der Waals surface area contributed by atoms with Crippen LogP contribution in [0.5, 0.6) is 5.75 Å². The summed E-state index contributed by atoms with van der Waals surface area (Å²) in [7, 11) is 0. The highest BCUT2D eigenvalue weighted by atomic mass is 16.5. The molecule has 4 rings (SSSR count). The minimum atomic E-state index is -0.475. The van der Waals surface area contributed by atoms with Crippen molar-refractivity contribution in [3.05, 3.63) is 80.1 Å². The SMILES string of the molecule is CC(C)(C)c1cccc(Nc2c(NC3CCC(Oc4ccc(C#N)cc4)CC3)c(=O)c2=O)c1. The fourth-order valence-corrected chi connectivity index (χ4v) is 4.19. The summed E-state index contributed by atoms with van der Waals surface area (Å²) < 4.78 is 6.04. The molecule has 0 radical (unpaired) electrons. The van der Waals surface area contributed by atoms with Crippen LogP contribution < -0.4 is 26.2 Å². The topological polar surface area (TPSA) is 91.2 Å². The molecule has 0 heterocycles. The van der Waals surface area contributed by atoms with Gasteiger partial charge in [0.15, 0.2) is 0 Å². The van der Waals surface area contributed by atoms with E-state index >= 15 is 0 Å². The summed E-state index contributed by atoms with van der Waals surface area (Å²) in [4.78, 5) is 24.5. The summed E-state index contributed by atoms with van der Waals surface area (Å²) in [6, 6.07) is 17.3. The molecule has 6 heteroatoms. The Morgan fingerprint density at radius 2 is 1.61 bits per heavy atom. The number of benzene rings is 2. The lowest BCUT2D eigenvalue weighted by molar-refractivity contribution is 0.150. The lowest BCUT2D eigenvalue weighted by atomic mass is 9.87. The summed E-state index contributed by atoms with van der Waals surface area (Å²) in [6.45, 7) is 6.41. The zero-order valence-electron chi connectivity index (χ0n) is 19.3. The first-order chi connectivity index (χ1) is 15.7. The van der Waals surface area contributed by atoms with Gasteiger partial charge in [0.05, 0.1) is 17.7 Å². The number of nitrogens with zero attached hydrogens (tertiary/aromatic N) is 1. The van der Waals surface area contributed by atoms with E-state index in [1.807, 2.05) is 30.3 Å². The zero-order valence-corrected chi connectivity index (χ0v) is 19.3. The standard InChI is InChI=1S/C27H29N3O3/c1-27(2,3)18-5-4-6-20(15-18)30-24-23(25(31)26(24)32)29-19-9-13-22(14-10-19)33-21-11-7-17(16-28)8-12-21/h4-8,11-12,15,19,22,29-30H,9-10,13-14H2,1-3H3. The van der Waals surface area contributed by atoms with Crippen LogP contribution in [0.4, 0.5) is 17.1 Å². The summed E-state index contributed by atoms with van der Waals surface area (Å²) >= 11 is 0. The first-order valence-electron chi connectivity index (χ1n) is 11.4. The van der Waals surface area contributed by atoms with Gasteiger partial charge in [-0.1, -0.05) is 32.9 Å². The van der Waals surface area contributed by atoms with Gasteiger partial charge in [-0.15, -0.1) is 0 Å². The van der Waals surface area contributed by atoms with E-state index in [0.717, 1.165) is 42.7 Å². The van der Waals surface area contributed by atoms with Gasteiger partial charge in [0.2, 0.25) is 0 Å². The van der Waals surface area contributed by atoms with Gasteiger partial charge in [0.25, 0.3) is 10.9 Å². The van der Waals surface area contributed by atoms with E-state index in [0.29, 0.717) is 16.9 Å². The Hall–Kier alpha value is -3.59. The summed E-state index contributed by atoms with van der Waals surface area (Å²) in [6.07, 6.45) is 3.49. The first kappa shape index (κ1) is 22.6. The number of ether oxygens (including phenoxy) is 1. The molecule has 2 N–H and O–H groups in total. The molecule has 1 aliphatic rings. The van der Waals surface area contributed by atoms with Gasteiger partial charge in [-0.25, -0.2) is 0 Å². The number of anilines is 3. The maximum absolute atomic E-state index is 12.3. The third-order valence-electron chi connectivity index (χ3n) is 6.22. The molecule has 1 aliphatic carbocycles. The van der Waals surface area contributed by atoms with E-state index in [1.54, 1.807) is 12.1 Å². The average Bonchev–Trinajstić information content (AvgIpc) is 2.82. The van der Waals surface area contributed by atoms with Crippen LogP contribution in [0.15, 0.2) is 58.1 Å². The number of hydrogen-bond donors (Lipinski definition) is 2. The quantitative estimate of drug-likeness (QED) is 0.521. The Kier molecular flexibility index (Phi) is 6.24. The minimum Gasteiger partial charge on any atom is -0.490 e. The van der Waals surface area contributed by atoms with Crippen molar-refractivity contribution in [3.63, 3.8) is 0 Å². The molecule has 6 nitrogen and oxygen atoms in total. The van der Waals surface area contributed by atoms with Crippen LogP contribution in [0.25, 0.3) is 0 Å². The largest absolute Gasteiger partial charge is 0.490 e. The predicted molar refractivity (Wildman–Crippen MR) is 131 cm³/mol. The van der Waals surface area contributed by atoms with Gasteiger partial charge in [0.1, 0.15) is 17.1 Å². The molecular formula is C27H29N3O3. The van der Waals surface area contributed by atoms with Crippen molar-refractivity contribution in [2.24, 2.45) is 0 Å². The Bertz CT molecular complexity index is 1230. The van der Waals surface area contributed by atoms with Crippen LogP contribution in [0.2, 0.25) is 0 Å². The second kappa shape index (κ2) is 9.11. The second-order valence-corrected chi connectivity index (χ2v) is 9.74. The molecule has 3 aromatic carbocycles. The van der Waals surface area contributed by atoms with Gasteiger partial charge in [-0.2, -0.15) is 5.26 Å². The van der Waals surface area contributed by atoms with Gasteiger partial charge < -0.3 is 15.4 Å². The van der Waals surface area contributed by atoms with Gasteiger partial charge in [-0.3, -0.25) is 9.59 Å². The van der Waals surface area contributed by atoms with Crippen molar-refractivity contribution in [2.45, 2.75) is 64.0 Å². The Morgan fingerprint density at radius 1 is 0.939 bits per heavy atom. The van der Waals surface area contributed by atoms with Crippen molar-refractivity contribution in [2.75, 3.05) is 10.6 Å². The maximum atomic E-state index is 12.3. The number of rotatable bonds is 6. The Morgan fingerprint density at radius 3 is 2.24 bits per heavy atom. The van der Waals surface area contributed by atoms with Crippen LogP contribution in [-0.4, -0.2) is 12.1 Å². The van der Waals surface area contributed by atoms with E-state index in [1.165, 1.54) is 0 Å². The molecule has 1 fully saturated rings. The first-order valence-corrected chi connectivity index (χ1v) is 11.4. The van der Waals surface area contributed by atoms with Gasteiger partial charge >= 0.3 is 0 Å². The van der Waals surface area contributed by atoms with Crippen molar-refractivity contribution < 1.29 is 4.74 Å². The van der Waals surface area contributed by atoms with Gasteiger partial charge in [0, 0.05) is 11.7 Å². The van der Waals surface area contributed by atoms with E-state index < -0.39 is 10.9 Å². The molecule has 0 spiro atoms. The molecule has 170 valence electrons. The summed E-state index contributed by atoms with van der Waals surface area (Å²) in [5, 5.41) is 15.4. The molecule has 0 unspecified atom stereocenters. The van der Waals surface area contributed by atoms with Crippen molar-refractivity contribution in [1.29, 1.82) is 5.26 Å². The highest BCUT2D eigenvalue weighted by Gasteiger charge is 2.27. The maximum Gasteiger partial charge on any atom is 0.253 e. The Balaban J connectivity index is 1.36. The predicted octanol–water partition coefficient (Wildman–Crippen LogP) is 5.00. The summed E-state index contributed by atoms with van der Waals surface area (Å²) in [5.74, 6) is 0.761. The third-order valence-corrected chi connectivity index (χ3v) is 6.22. The molecule has 3 aromatic rings. The van der Waals surface area contributed by atoms with E-state index in [4.69, 9.17) is 10.00 Å². The minimum absolute atomic E-state index is 0.00887. The third kappa shape index (κ3) is 5.09. The van der Waals surface area contributed by atoms with Crippen molar-refractivity contribution in [3.8, 4) is 11.8 Å². The molecule has 0 bridgehead atoms. The van der Waals surface area contributed by atoms with E-state index in [2.05, 4.69) is 43.5 Å². The fraction of sp³-hybridized carbons (Fsp3) is 0.370. The van der Waals surface area contributed by atoms with Crippen LogP contribution in [0.3, 0.4) is 0 Å². The molecule has 1 saturated carbocycles. The van der Waals surface area contributed by atoms with Crippen molar-refractivity contribution in [1.82, 2.24) is 0 Å². The fourth-order valence-electron chi connectivity index (χ4n) is 4.19. The molecule has 0 atom stereocenters. The molecular weight excluding hydrogens is 414 g/mol. The smallest absolute Gasteiger partial charge is 0.253 e. The van der Waals surface area contributed by atoms with Crippen molar-refractivity contribution >= 4 is 17.1 Å². The average molecular weight is 444 g/mol. The summed E-state index contributed by atoms with van der Waals surface area (Å²) in [5.41, 5.74) is 2.36. The van der Waals surface area contributed by atoms with Crippen LogP contribution >= 0.6 is 0 Å². The monoisotopic (exact) mass is 443 g/mol. The number of hydrogen-bond acceptors (Lipinski definition) is 6. The lowest BCUT2D eigenvalue weighted by Crippen LogP contribution is -2.40. The molecule has 0 saturated heterocycles. The molecule has 0 aromatic heterocycles.